The molecule has 126 valence electrons. The minimum Gasteiger partial charge on any atom is -0.447 e. The Bertz CT molecular complexity index is 1030. The smallest absolute Gasteiger partial charge is 0.415 e. The van der Waals surface area contributed by atoms with Crippen LogP contribution in [0.1, 0.15) is 11.1 Å². The zero-order chi connectivity index (χ0) is 17.4. The average Bonchev–Trinajstić information content (AvgIpc) is 3.01. The van der Waals surface area contributed by atoms with Crippen LogP contribution in [0.4, 0.5) is 10.6 Å². The average molecular weight is 356 g/mol. The molecule has 1 fully saturated rings. The molecule has 1 amide bonds. The third kappa shape index (κ3) is 2.96. The van der Waals surface area contributed by atoms with Crippen LogP contribution < -0.4 is 10.5 Å². The summed E-state index contributed by atoms with van der Waals surface area (Å²) >= 11 is 6.28. The zero-order valence-electron chi connectivity index (χ0n) is 13.2. The van der Waals surface area contributed by atoms with E-state index in [1.807, 2.05) is 30.3 Å². The molecule has 4 rings (SSSR count). The number of carbonyl (C=O) groups is 1. The number of rotatable bonds is 3. The molecular formula is C18H14ClN3O3. The molecule has 0 saturated carbocycles. The maximum Gasteiger partial charge on any atom is 0.415 e. The molecule has 1 aliphatic heterocycles. The monoisotopic (exact) mass is 355 g/mol. The van der Waals surface area contributed by atoms with E-state index >= 15 is 0 Å². The molecule has 0 bridgehead atoms. The van der Waals surface area contributed by atoms with Crippen molar-refractivity contribution in [3.63, 3.8) is 0 Å². The summed E-state index contributed by atoms with van der Waals surface area (Å²) in [5.74, 6) is 0.375. The second-order valence-electron chi connectivity index (χ2n) is 5.80. The van der Waals surface area contributed by atoms with E-state index in [-0.39, 0.29) is 5.56 Å². The molecule has 1 aliphatic rings. The van der Waals surface area contributed by atoms with Crippen molar-refractivity contribution in [2.45, 2.75) is 6.42 Å². The number of halogens is 1. The Labute approximate surface area is 148 Å². The van der Waals surface area contributed by atoms with Crippen molar-refractivity contribution in [1.82, 2.24) is 9.97 Å². The molecule has 0 atom stereocenters. The molecule has 3 heterocycles. The fraction of sp³-hybridized carbons (Fsp3) is 0.167. The third-order valence-corrected chi connectivity index (χ3v) is 4.40. The van der Waals surface area contributed by atoms with Crippen LogP contribution in [0.15, 0.2) is 47.4 Å². The van der Waals surface area contributed by atoms with Gasteiger partial charge in [0.15, 0.2) is 5.82 Å². The van der Waals surface area contributed by atoms with Crippen molar-refractivity contribution in [2.24, 2.45) is 0 Å². The first-order valence-electron chi connectivity index (χ1n) is 7.81. The first-order chi connectivity index (χ1) is 12.1. The number of H-pyrrole nitrogens is 1. The van der Waals surface area contributed by atoms with Crippen LogP contribution in [0, 0.1) is 0 Å². The van der Waals surface area contributed by atoms with E-state index in [1.54, 1.807) is 12.3 Å². The Morgan fingerprint density at radius 2 is 2.08 bits per heavy atom. The highest BCUT2D eigenvalue weighted by atomic mass is 35.5. The summed E-state index contributed by atoms with van der Waals surface area (Å²) in [5.41, 5.74) is 2.09. The lowest BCUT2D eigenvalue weighted by Gasteiger charge is -2.14. The number of carbonyl (C=O) groups excluding carboxylic acids is 1. The van der Waals surface area contributed by atoms with E-state index in [9.17, 15) is 9.59 Å². The van der Waals surface area contributed by atoms with Gasteiger partial charge in [0.1, 0.15) is 6.61 Å². The van der Waals surface area contributed by atoms with E-state index in [1.165, 1.54) is 4.90 Å². The SMILES string of the molecule is O=C1OCCN1c1ncc(Cc2cc3ccccc3[nH]c2=O)cc1Cl. The second-order valence-corrected chi connectivity index (χ2v) is 6.21. The zero-order valence-corrected chi connectivity index (χ0v) is 13.9. The van der Waals surface area contributed by atoms with Gasteiger partial charge >= 0.3 is 6.09 Å². The van der Waals surface area contributed by atoms with Gasteiger partial charge in [0.25, 0.3) is 5.56 Å². The topological polar surface area (TPSA) is 75.3 Å². The Morgan fingerprint density at radius 1 is 1.24 bits per heavy atom. The van der Waals surface area contributed by atoms with Crippen LogP contribution in [0.2, 0.25) is 5.02 Å². The van der Waals surface area contributed by atoms with Crippen LogP contribution in [-0.4, -0.2) is 29.2 Å². The molecule has 3 aromatic rings. The molecule has 6 nitrogen and oxygen atoms in total. The van der Waals surface area contributed by atoms with E-state index in [2.05, 4.69) is 9.97 Å². The van der Waals surface area contributed by atoms with Crippen LogP contribution in [-0.2, 0) is 11.2 Å². The van der Waals surface area contributed by atoms with Crippen molar-refractivity contribution in [3.8, 4) is 0 Å². The van der Waals surface area contributed by atoms with Gasteiger partial charge in [-0.1, -0.05) is 29.8 Å². The van der Waals surface area contributed by atoms with Crippen LogP contribution >= 0.6 is 11.6 Å². The van der Waals surface area contributed by atoms with Crippen LogP contribution in [0.25, 0.3) is 10.9 Å². The number of fused-ring (bicyclic) bond motifs is 1. The number of nitrogens with zero attached hydrogens (tertiary/aromatic N) is 2. The number of para-hydroxylation sites is 1. The normalized spacial score (nSPS) is 14.1. The van der Waals surface area contributed by atoms with Gasteiger partial charge in [0.05, 0.1) is 11.6 Å². The molecule has 0 unspecified atom stereocenters. The Hall–Kier alpha value is -2.86. The van der Waals surface area contributed by atoms with Crippen molar-refractivity contribution in [1.29, 1.82) is 0 Å². The number of hydrogen-bond donors (Lipinski definition) is 1. The lowest BCUT2D eigenvalue weighted by Crippen LogP contribution is -2.24. The number of aromatic amines is 1. The largest absolute Gasteiger partial charge is 0.447 e. The molecule has 0 aliphatic carbocycles. The quantitative estimate of drug-likeness (QED) is 0.783. The molecule has 0 spiro atoms. The fourth-order valence-corrected chi connectivity index (χ4v) is 3.19. The third-order valence-electron chi connectivity index (χ3n) is 4.12. The number of nitrogens with one attached hydrogen (secondary N) is 1. The van der Waals surface area contributed by atoms with Gasteiger partial charge in [0.2, 0.25) is 0 Å². The number of benzene rings is 1. The summed E-state index contributed by atoms with van der Waals surface area (Å²) in [6, 6.07) is 11.2. The maximum absolute atomic E-state index is 12.3. The number of cyclic esters (lactones) is 1. The lowest BCUT2D eigenvalue weighted by atomic mass is 10.1. The van der Waals surface area contributed by atoms with Crippen LogP contribution in [0.5, 0.6) is 0 Å². The summed E-state index contributed by atoms with van der Waals surface area (Å²) in [6.45, 7) is 0.750. The predicted octanol–water partition coefficient (Wildman–Crippen LogP) is 3.12. The van der Waals surface area contributed by atoms with Gasteiger partial charge in [0, 0.05) is 23.7 Å². The van der Waals surface area contributed by atoms with Gasteiger partial charge in [-0.3, -0.25) is 9.69 Å². The minimum atomic E-state index is -0.451. The van der Waals surface area contributed by atoms with Gasteiger partial charge in [-0.25, -0.2) is 9.78 Å². The van der Waals surface area contributed by atoms with E-state index < -0.39 is 6.09 Å². The molecule has 1 saturated heterocycles. The first-order valence-corrected chi connectivity index (χ1v) is 8.19. The number of anilines is 1. The van der Waals surface area contributed by atoms with Crippen molar-refractivity contribution in [2.75, 3.05) is 18.1 Å². The molecule has 7 heteroatoms. The molecule has 1 aromatic carbocycles. The van der Waals surface area contributed by atoms with Gasteiger partial charge in [-0.15, -0.1) is 0 Å². The number of amides is 1. The lowest BCUT2D eigenvalue weighted by molar-refractivity contribution is 0.181. The number of aromatic nitrogens is 2. The molecule has 0 radical (unpaired) electrons. The summed E-state index contributed by atoms with van der Waals surface area (Å²) in [7, 11) is 0. The maximum atomic E-state index is 12.3. The van der Waals surface area contributed by atoms with Gasteiger partial charge < -0.3 is 9.72 Å². The summed E-state index contributed by atoms with van der Waals surface area (Å²) < 4.78 is 4.90. The molecular weight excluding hydrogens is 342 g/mol. The number of ether oxygens (including phenoxy) is 1. The first kappa shape index (κ1) is 15.7. The molecule has 1 N–H and O–H groups in total. The van der Waals surface area contributed by atoms with Gasteiger partial charge in [-0.2, -0.15) is 0 Å². The standard InChI is InChI=1S/C18H14ClN3O3/c19-14-8-11(10-20-16(14)22-5-6-25-18(22)24)7-13-9-12-3-1-2-4-15(12)21-17(13)23/h1-4,8-10H,5-7H2,(H,21,23). The Morgan fingerprint density at radius 3 is 2.84 bits per heavy atom. The highest BCUT2D eigenvalue weighted by Crippen LogP contribution is 2.27. The Balaban J connectivity index is 1.65. The number of pyridine rings is 2. The second kappa shape index (κ2) is 6.22. The number of hydrogen-bond acceptors (Lipinski definition) is 4. The fourth-order valence-electron chi connectivity index (χ4n) is 2.90. The van der Waals surface area contributed by atoms with Crippen molar-refractivity contribution < 1.29 is 9.53 Å². The van der Waals surface area contributed by atoms with Gasteiger partial charge in [-0.05, 0) is 29.1 Å². The highest BCUT2D eigenvalue weighted by molar-refractivity contribution is 6.33. The predicted molar refractivity (Wildman–Crippen MR) is 95.3 cm³/mol. The van der Waals surface area contributed by atoms with E-state index in [0.717, 1.165) is 16.5 Å². The minimum absolute atomic E-state index is 0.137. The van der Waals surface area contributed by atoms with E-state index in [4.69, 9.17) is 16.3 Å². The van der Waals surface area contributed by atoms with E-state index in [0.29, 0.717) is 36.0 Å². The summed E-state index contributed by atoms with van der Waals surface area (Å²) in [4.78, 5) is 32.4. The Kier molecular flexibility index (Phi) is 3.89. The molecule has 25 heavy (non-hydrogen) atoms. The van der Waals surface area contributed by atoms with Crippen LogP contribution in [0.3, 0.4) is 0 Å². The molecule has 2 aromatic heterocycles. The van der Waals surface area contributed by atoms with Crippen molar-refractivity contribution >= 4 is 34.4 Å². The summed E-state index contributed by atoms with van der Waals surface area (Å²) in [6.07, 6.45) is 1.58. The van der Waals surface area contributed by atoms with Crippen molar-refractivity contribution in [3.05, 3.63) is 69.1 Å². The highest BCUT2D eigenvalue weighted by Gasteiger charge is 2.26. The summed E-state index contributed by atoms with van der Waals surface area (Å²) in [5, 5.41) is 1.32.